The Kier molecular flexibility index (Phi) is 5.71. The van der Waals surface area contributed by atoms with Crippen LogP contribution >= 0.6 is 11.8 Å². The molecule has 1 aliphatic rings. The summed E-state index contributed by atoms with van der Waals surface area (Å²) in [7, 11) is 0. The number of para-hydroxylation sites is 1. The SMILES string of the molecule is C=CCn1c(SCC(=O)NC2CCOc3ccccc32)nnc1-c1ccoc1C. The summed E-state index contributed by atoms with van der Waals surface area (Å²) in [6, 6.07) is 9.64. The molecule has 0 saturated carbocycles. The molecule has 0 bridgehead atoms. The maximum Gasteiger partial charge on any atom is 0.230 e. The van der Waals surface area contributed by atoms with Crippen LogP contribution in [-0.2, 0) is 11.3 Å². The molecule has 1 amide bonds. The molecule has 1 aromatic carbocycles. The zero-order valence-electron chi connectivity index (χ0n) is 16.1. The summed E-state index contributed by atoms with van der Waals surface area (Å²) in [5.74, 6) is 2.51. The van der Waals surface area contributed by atoms with Gasteiger partial charge in [0.15, 0.2) is 11.0 Å². The number of aryl methyl sites for hydroxylation is 1. The number of ether oxygens (including phenoxy) is 1. The van der Waals surface area contributed by atoms with Crippen molar-refractivity contribution in [1.29, 1.82) is 0 Å². The van der Waals surface area contributed by atoms with Gasteiger partial charge in [0.25, 0.3) is 0 Å². The molecule has 8 heteroatoms. The quantitative estimate of drug-likeness (QED) is 0.472. The number of fused-ring (bicyclic) bond motifs is 1. The van der Waals surface area contributed by atoms with Crippen LogP contribution in [0.3, 0.4) is 0 Å². The third-order valence-electron chi connectivity index (χ3n) is 4.75. The van der Waals surface area contributed by atoms with Gasteiger partial charge in [0.1, 0.15) is 11.5 Å². The van der Waals surface area contributed by atoms with E-state index in [2.05, 4.69) is 22.1 Å². The van der Waals surface area contributed by atoms with E-state index in [0.717, 1.165) is 29.1 Å². The van der Waals surface area contributed by atoms with Crippen LogP contribution < -0.4 is 10.1 Å². The van der Waals surface area contributed by atoms with Crippen LogP contribution in [0.25, 0.3) is 11.4 Å². The molecule has 1 unspecified atom stereocenters. The molecule has 29 heavy (non-hydrogen) atoms. The van der Waals surface area contributed by atoms with Gasteiger partial charge in [-0.1, -0.05) is 36.0 Å². The van der Waals surface area contributed by atoms with E-state index in [1.807, 2.05) is 41.8 Å². The molecular formula is C21H22N4O3S. The minimum absolute atomic E-state index is 0.0387. The molecule has 3 aromatic rings. The topological polar surface area (TPSA) is 82.2 Å². The summed E-state index contributed by atoms with van der Waals surface area (Å²) in [6.07, 6.45) is 4.17. The molecule has 0 spiro atoms. The Bertz CT molecular complexity index is 1030. The number of aromatic nitrogens is 3. The van der Waals surface area contributed by atoms with Gasteiger partial charge in [-0.05, 0) is 19.1 Å². The van der Waals surface area contributed by atoms with Crippen molar-refractivity contribution >= 4 is 17.7 Å². The van der Waals surface area contributed by atoms with Gasteiger partial charge in [-0.15, -0.1) is 16.8 Å². The van der Waals surface area contributed by atoms with E-state index in [4.69, 9.17) is 9.15 Å². The van der Waals surface area contributed by atoms with Crippen LogP contribution in [0.15, 0.2) is 58.8 Å². The summed E-state index contributed by atoms with van der Waals surface area (Å²) in [6.45, 7) is 6.84. The molecule has 0 radical (unpaired) electrons. The predicted molar refractivity (Wildman–Crippen MR) is 111 cm³/mol. The van der Waals surface area contributed by atoms with E-state index >= 15 is 0 Å². The van der Waals surface area contributed by atoms with Gasteiger partial charge in [-0.3, -0.25) is 9.36 Å². The smallest absolute Gasteiger partial charge is 0.230 e. The summed E-state index contributed by atoms with van der Waals surface area (Å²) in [5, 5.41) is 12.3. The van der Waals surface area contributed by atoms with Crippen LogP contribution in [0.5, 0.6) is 5.75 Å². The number of hydrogen-bond acceptors (Lipinski definition) is 6. The van der Waals surface area contributed by atoms with E-state index in [9.17, 15) is 4.79 Å². The summed E-state index contributed by atoms with van der Waals surface area (Å²) in [4.78, 5) is 12.6. The third-order valence-corrected chi connectivity index (χ3v) is 5.72. The molecule has 150 valence electrons. The summed E-state index contributed by atoms with van der Waals surface area (Å²) < 4.78 is 13.0. The van der Waals surface area contributed by atoms with E-state index in [-0.39, 0.29) is 17.7 Å². The minimum atomic E-state index is -0.0501. The standard InChI is InChI=1S/C21H22N4O3S/c1-3-10-25-20(15-8-11-27-14(15)2)23-24-21(25)29-13-19(26)22-17-9-12-28-18-7-5-4-6-16(17)18/h3-8,11,17H,1,9-10,12-13H2,2H3,(H,22,26). The van der Waals surface area contributed by atoms with Gasteiger partial charge in [0, 0.05) is 18.5 Å². The van der Waals surface area contributed by atoms with Gasteiger partial charge in [0.2, 0.25) is 5.91 Å². The molecule has 7 nitrogen and oxygen atoms in total. The molecule has 2 aromatic heterocycles. The fourth-order valence-corrected chi connectivity index (χ4v) is 4.12. The van der Waals surface area contributed by atoms with Gasteiger partial charge in [-0.25, -0.2) is 0 Å². The molecule has 0 aliphatic carbocycles. The van der Waals surface area contributed by atoms with E-state index in [0.29, 0.717) is 24.1 Å². The number of nitrogens with one attached hydrogen (secondary N) is 1. The number of furan rings is 1. The molecular weight excluding hydrogens is 388 g/mol. The number of amides is 1. The Hall–Kier alpha value is -3.00. The van der Waals surface area contributed by atoms with Crippen LogP contribution in [0.1, 0.15) is 23.8 Å². The Morgan fingerprint density at radius 2 is 2.24 bits per heavy atom. The van der Waals surface area contributed by atoms with Crippen molar-refractivity contribution in [2.45, 2.75) is 31.1 Å². The minimum Gasteiger partial charge on any atom is -0.493 e. The number of allylic oxidation sites excluding steroid dienone is 1. The van der Waals surface area contributed by atoms with Gasteiger partial charge in [-0.2, -0.15) is 0 Å². The Balaban J connectivity index is 1.44. The lowest BCUT2D eigenvalue weighted by Gasteiger charge is -2.26. The molecule has 1 atom stereocenters. The maximum atomic E-state index is 12.6. The Morgan fingerprint density at radius 1 is 1.38 bits per heavy atom. The zero-order valence-corrected chi connectivity index (χ0v) is 16.9. The van der Waals surface area contributed by atoms with E-state index in [1.54, 1.807) is 12.3 Å². The number of thioether (sulfide) groups is 1. The van der Waals surface area contributed by atoms with E-state index in [1.165, 1.54) is 11.8 Å². The first-order valence-corrected chi connectivity index (χ1v) is 10.4. The first kappa shape index (κ1) is 19.3. The average Bonchev–Trinajstić information content (AvgIpc) is 3.32. The first-order valence-electron chi connectivity index (χ1n) is 9.40. The van der Waals surface area contributed by atoms with Crippen molar-refractivity contribution in [2.75, 3.05) is 12.4 Å². The van der Waals surface area contributed by atoms with Gasteiger partial charge >= 0.3 is 0 Å². The van der Waals surface area contributed by atoms with Crippen molar-refractivity contribution in [1.82, 2.24) is 20.1 Å². The highest BCUT2D eigenvalue weighted by molar-refractivity contribution is 7.99. The van der Waals surface area contributed by atoms with Gasteiger partial charge in [0.05, 0.1) is 30.2 Å². The first-order chi connectivity index (χ1) is 14.2. The largest absolute Gasteiger partial charge is 0.493 e. The lowest BCUT2D eigenvalue weighted by Crippen LogP contribution is -2.33. The lowest BCUT2D eigenvalue weighted by molar-refractivity contribution is -0.119. The second kappa shape index (κ2) is 8.57. The number of hydrogen-bond donors (Lipinski definition) is 1. The number of carbonyl (C=O) groups is 1. The number of rotatable bonds is 7. The zero-order chi connectivity index (χ0) is 20.2. The predicted octanol–water partition coefficient (Wildman–Crippen LogP) is 3.76. The Morgan fingerprint density at radius 3 is 3.03 bits per heavy atom. The van der Waals surface area contributed by atoms with Crippen molar-refractivity contribution in [2.24, 2.45) is 0 Å². The molecule has 3 heterocycles. The van der Waals surface area contributed by atoms with Crippen molar-refractivity contribution in [3.8, 4) is 17.1 Å². The lowest BCUT2D eigenvalue weighted by atomic mass is 10.0. The van der Waals surface area contributed by atoms with Crippen molar-refractivity contribution < 1.29 is 13.9 Å². The summed E-state index contributed by atoms with van der Waals surface area (Å²) >= 11 is 1.36. The highest BCUT2D eigenvalue weighted by Gasteiger charge is 2.23. The number of carbonyl (C=O) groups excluding carboxylic acids is 1. The normalized spacial score (nSPS) is 15.4. The van der Waals surface area contributed by atoms with Crippen molar-refractivity contribution in [3.05, 3.63) is 60.6 Å². The molecule has 1 aliphatic heterocycles. The number of benzene rings is 1. The highest BCUT2D eigenvalue weighted by atomic mass is 32.2. The second-order valence-electron chi connectivity index (χ2n) is 6.68. The number of nitrogens with zero attached hydrogens (tertiary/aromatic N) is 3. The Labute approximate surface area is 173 Å². The van der Waals surface area contributed by atoms with Crippen LogP contribution in [0.2, 0.25) is 0 Å². The average molecular weight is 410 g/mol. The highest BCUT2D eigenvalue weighted by Crippen LogP contribution is 2.32. The second-order valence-corrected chi connectivity index (χ2v) is 7.62. The van der Waals surface area contributed by atoms with Gasteiger partial charge < -0.3 is 14.5 Å². The van der Waals surface area contributed by atoms with E-state index < -0.39 is 0 Å². The third kappa shape index (κ3) is 4.07. The molecule has 1 N–H and O–H groups in total. The van der Waals surface area contributed by atoms with Crippen LogP contribution in [0.4, 0.5) is 0 Å². The molecule has 0 saturated heterocycles. The fraction of sp³-hybridized carbons (Fsp3) is 0.286. The molecule has 0 fully saturated rings. The fourth-order valence-electron chi connectivity index (χ4n) is 3.36. The molecule has 4 rings (SSSR count). The van der Waals surface area contributed by atoms with Crippen LogP contribution in [0, 0.1) is 6.92 Å². The summed E-state index contributed by atoms with van der Waals surface area (Å²) in [5.41, 5.74) is 1.90. The maximum absolute atomic E-state index is 12.6. The van der Waals surface area contributed by atoms with Crippen molar-refractivity contribution in [3.63, 3.8) is 0 Å². The van der Waals surface area contributed by atoms with Crippen LogP contribution in [-0.4, -0.2) is 33.0 Å². The monoisotopic (exact) mass is 410 g/mol.